The second-order valence-electron chi connectivity index (χ2n) is 5.79. The van der Waals surface area contributed by atoms with Crippen LogP contribution >= 0.6 is 20.7 Å². The Morgan fingerprint density at radius 2 is 2.00 bits per heavy atom. The maximum atomic E-state index is 13.1. The summed E-state index contributed by atoms with van der Waals surface area (Å²) in [6, 6.07) is 4.58. The first-order valence-electron chi connectivity index (χ1n) is 8.49. The molecule has 1 aromatic rings. The van der Waals surface area contributed by atoms with E-state index in [0.29, 0.717) is 27.8 Å². The van der Waals surface area contributed by atoms with Gasteiger partial charge in [-0.05, 0) is 12.1 Å². The van der Waals surface area contributed by atoms with Gasteiger partial charge in [-0.3, -0.25) is 14.2 Å². The lowest BCUT2D eigenvalue weighted by Gasteiger charge is -2.11. The summed E-state index contributed by atoms with van der Waals surface area (Å²) in [4.78, 5) is 36.7. The van der Waals surface area contributed by atoms with Crippen molar-refractivity contribution >= 4 is 38.4 Å². The van der Waals surface area contributed by atoms with E-state index in [1.807, 2.05) is 5.38 Å². The summed E-state index contributed by atoms with van der Waals surface area (Å²) >= 11 is 0. The number of carbonyl (C=O) groups excluding carboxylic acids is 2. The second kappa shape index (κ2) is 8.97. The smallest absolute Gasteiger partial charge is 0.319 e. The Labute approximate surface area is 173 Å². The Kier molecular flexibility index (Phi) is 6.39. The monoisotopic (exact) mass is 437 g/mol. The maximum Gasteiger partial charge on any atom is 0.319 e. The molecular formula is C18H19N3O6S2. The fraction of sp³-hybridized carbons (Fsp3) is 0.278. The molecule has 9 nitrogen and oxygen atoms in total. The van der Waals surface area contributed by atoms with Crippen LogP contribution in [0.3, 0.4) is 0 Å². The molecule has 0 unspecified atom stereocenters. The van der Waals surface area contributed by atoms with Gasteiger partial charge in [-0.1, -0.05) is 20.7 Å². The Bertz CT molecular complexity index is 1050. The highest BCUT2D eigenvalue weighted by Gasteiger charge is 2.26. The molecule has 154 valence electrons. The van der Waals surface area contributed by atoms with Gasteiger partial charge in [-0.2, -0.15) is 0 Å². The largest absolute Gasteiger partial charge is 0.497 e. The van der Waals surface area contributed by atoms with Crippen molar-refractivity contribution in [2.24, 2.45) is 0 Å². The molecule has 0 radical (unpaired) electrons. The Morgan fingerprint density at radius 1 is 1.21 bits per heavy atom. The van der Waals surface area contributed by atoms with Crippen LogP contribution in [0.4, 0.5) is 10.5 Å². The number of benzene rings is 1. The van der Waals surface area contributed by atoms with Gasteiger partial charge in [0.2, 0.25) is 0 Å². The normalized spacial score (nSPS) is 10.6. The number of hydrogen-bond donors (Lipinski definition) is 2. The number of nitrogens with one attached hydrogen (secondary N) is 2. The van der Waals surface area contributed by atoms with Crippen molar-refractivity contribution in [3.63, 3.8) is 0 Å². The van der Waals surface area contributed by atoms with Crippen molar-refractivity contribution in [3.05, 3.63) is 33.9 Å². The fourth-order valence-corrected chi connectivity index (χ4v) is 4.90. The molecule has 0 fully saturated rings. The van der Waals surface area contributed by atoms with Crippen molar-refractivity contribution < 1.29 is 23.8 Å². The molecule has 29 heavy (non-hydrogen) atoms. The number of esters is 1. The van der Waals surface area contributed by atoms with E-state index >= 15 is 0 Å². The fourth-order valence-electron chi connectivity index (χ4n) is 2.69. The summed E-state index contributed by atoms with van der Waals surface area (Å²) in [5.74, 6) is 0.633. The van der Waals surface area contributed by atoms with E-state index in [-0.39, 0.29) is 24.4 Å². The van der Waals surface area contributed by atoms with E-state index in [9.17, 15) is 14.4 Å². The Hall–Kier alpha value is -3.05. The summed E-state index contributed by atoms with van der Waals surface area (Å²) in [6.07, 6.45) is 0. The molecule has 0 saturated heterocycles. The molecule has 1 aromatic carbocycles. The lowest BCUT2D eigenvalue weighted by molar-refractivity contribution is -0.140. The van der Waals surface area contributed by atoms with Crippen LogP contribution in [0.25, 0.3) is 16.3 Å². The standard InChI is InChI=1S/C18H19N3O6S2/c1-10(22)27-7-6-19-18(24)20-15-16-13(9-28-29-16)21(17(15)23)12-5-4-11(25-2)8-14(12)26-3/h4-5,8-9H,6-7H2,1-3H3,(H2,19,20,24). The van der Waals surface area contributed by atoms with Gasteiger partial charge in [0.25, 0.3) is 5.56 Å². The van der Waals surface area contributed by atoms with E-state index in [1.54, 1.807) is 25.3 Å². The predicted molar refractivity (Wildman–Crippen MR) is 111 cm³/mol. The summed E-state index contributed by atoms with van der Waals surface area (Å²) in [7, 11) is 5.89. The third kappa shape index (κ3) is 4.35. The number of nitrogens with zero attached hydrogens (tertiary/aromatic N) is 1. The minimum Gasteiger partial charge on any atom is -0.497 e. The van der Waals surface area contributed by atoms with Gasteiger partial charge in [-0.15, -0.1) is 0 Å². The molecule has 0 spiro atoms. The molecule has 0 aromatic heterocycles. The lowest BCUT2D eigenvalue weighted by atomic mass is 10.2. The second-order valence-corrected chi connectivity index (χ2v) is 7.87. The quantitative estimate of drug-likeness (QED) is 0.334. The number of rotatable bonds is 7. The van der Waals surface area contributed by atoms with Crippen molar-refractivity contribution in [1.82, 2.24) is 9.88 Å². The van der Waals surface area contributed by atoms with E-state index in [1.165, 1.54) is 39.3 Å². The number of methoxy groups -OCH3 is 2. The maximum absolute atomic E-state index is 13.1. The molecule has 0 saturated carbocycles. The first-order chi connectivity index (χ1) is 14.0. The van der Waals surface area contributed by atoms with Crippen molar-refractivity contribution in [1.29, 1.82) is 0 Å². The van der Waals surface area contributed by atoms with E-state index < -0.39 is 12.0 Å². The van der Waals surface area contributed by atoms with Crippen LogP contribution in [0.2, 0.25) is 0 Å². The highest BCUT2D eigenvalue weighted by atomic mass is 32.9. The third-order valence-electron chi connectivity index (χ3n) is 3.97. The van der Waals surface area contributed by atoms with Gasteiger partial charge in [0.05, 0.1) is 37.0 Å². The Morgan fingerprint density at radius 3 is 2.69 bits per heavy atom. The Balaban J connectivity index is 1.90. The molecule has 2 N–H and O–H groups in total. The third-order valence-corrected chi connectivity index (χ3v) is 6.04. The molecule has 0 aliphatic carbocycles. The zero-order chi connectivity index (χ0) is 21.0. The first kappa shape index (κ1) is 20.7. The average Bonchev–Trinajstić information content (AvgIpc) is 3.27. The number of fused-ring (bicyclic) bond motifs is 1. The van der Waals surface area contributed by atoms with Crippen molar-refractivity contribution in [2.45, 2.75) is 6.92 Å². The minimum absolute atomic E-state index is 0.0491. The van der Waals surface area contributed by atoms with Gasteiger partial charge in [0.15, 0.2) is 0 Å². The first-order valence-corrected chi connectivity index (χ1v) is 10.7. The van der Waals surface area contributed by atoms with Crippen LogP contribution in [0, 0.1) is 0 Å². The minimum atomic E-state index is -0.562. The number of ether oxygens (including phenoxy) is 3. The molecule has 11 heteroatoms. The van der Waals surface area contributed by atoms with E-state index in [4.69, 9.17) is 14.2 Å². The van der Waals surface area contributed by atoms with Crippen LogP contribution in [0.5, 0.6) is 11.5 Å². The van der Waals surface area contributed by atoms with Gasteiger partial charge < -0.3 is 24.8 Å². The predicted octanol–water partition coefficient (Wildman–Crippen LogP) is 2.77. The van der Waals surface area contributed by atoms with Crippen LogP contribution in [-0.2, 0) is 9.53 Å². The number of aromatic nitrogens is 1. The van der Waals surface area contributed by atoms with Gasteiger partial charge in [-0.25, -0.2) is 4.79 Å². The van der Waals surface area contributed by atoms with Gasteiger partial charge >= 0.3 is 12.0 Å². The average molecular weight is 437 g/mol. The molecule has 3 rings (SSSR count). The molecule has 2 heterocycles. The van der Waals surface area contributed by atoms with Crippen molar-refractivity contribution in [3.8, 4) is 27.8 Å². The van der Waals surface area contributed by atoms with Gasteiger partial charge in [0, 0.05) is 18.4 Å². The molecule has 2 aliphatic heterocycles. The number of urea groups is 1. The number of carbonyl (C=O) groups is 2. The number of hydrogen-bond acceptors (Lipinski definition) is 8. The summed E-state index contributed by atoms with van der Waals surface area (Å²) in [5, 5.41) is 7.00. The highest BCUT2D eigenvalue weighted by Crippen LogP contribution is 2.40. The van der Waals surface area contributed by atoms with Gasteiger partial charge in [0.1, 0.15) is 23.8 Å². The summed E-state index contributed by atoms with van der Waals surface area (Å²) in [5.41, 5.74) is 1.01. The van der Waals surface area contributed by atoms with E-state index in [2.05, 4.69) is 10.6 Å². The lowest BCUT2D eigenvalue weighted by Crippen LogP contribution is -2.33. The zero-order valence-corrected chi connectivity index (χ0v) is 17.6. The molecule has 0 atom stereocenters. The van der Waals surface area contributed by atoms with Crippen LogP contribution < -0.4 is 25.7 Å². The molecule has 0 bridgehead atoms. The molecular weight excluding hydrogens is 418 g/mol. The van der Waals surface area contributed by atoms with E-state index in [0.717, 1.165) is 0 Å². The zero-order valence-electron chi connectivity index (χ0n) is 15.9. The van der Waals surface area contributed by atoms with Crippen LogP contribution in [0.1, 0.15) is 6.92 Å². The summed E-state index contributed by atoms with van der Waals surface area (Å²) in [6.45, 7) is 1.46. The summed E-state index contributed by atoms with van der Waals surface area (Å²) < 4.78 is 16.9. The SMILES string of the molecule is COc1ccc(-n2c3cssc-3c(NC(=O)NCCOC(C)=O)c2=O)c(OC)c1. The topological polar surface area (TPSA) is 108 Å². The highest BCUT2D eigenvalue weighted by molar-refractivity contribution is 7.70. The molecule has 2 aliphatic rings. The van der Waals surface area contributed by atoms with Crippen molar-refractivity contribution in [2.75, 3.05) is 32.7 Å². The van der Waals surface area contributed by atoms with Crippen LogP contribution in [-0.4, -0.2) is 43.9 Å². The number of amides is 2. The van der Waals surface area contributed by atoms with Crippen LogP contribution in [0.15, 0.2) is 28.4 Å². The molecule has 2 amide bonds. The number of anilines is 1.